The summed E-state index contributed by atoms with van der Waals surface area (Å²) in [6.45, 7) is 5.01. The fraction of sp³-hybridized carbons (Fsp3) is 0.227. The standard InChI is InChI=1S/C22H20FN5O/c1-15-12-17(23)3-4-19(15)28-20-14-24-7-6-18(20)26-22(28)16-2-5-21(25-13-16)27-8-10-29-11-9-27/h2-7,12-14H,8-11H2,1H3. The molecule has 0 atom stereocenters. The summed E-state index contributed by atoms with van der Waals surface area (Å²) in [5.41, 5.74) is 4.29. The molecule has 1 aromatic carbocycles. The zero-order chi connectivity index (χ0) is 19.8. The van der Waals surface area contributed by atoms with Crippen LogP contribution in [0.4, 0.5) is 10.2 Å². The third-order valence-electron chi connectivity index (χ3n) is 5.20. The Balaban J connectivity index is 1.63. The van der Waals surface area contributed by atoms with Crippen LogP contribution in [0.1, 0.15) is 5.56 Å². The molecule has 5 rings (SSSR count). The first kappa shape index (κ1) is 17.8. The number of imidazole rings is 1. The summed E-state index contributed by atoms with van der Waals surface area (Å²) in [7, 11) is 0. The summed E-state index contributed by atoms with van der Waals surface area (Å²) >= 11 is 0. The SMILES string of the molecule is Cc1cc(F)ccc1-n1c(-c2ccc(N3CCOCC3)nc2)nc2ccncc21. The van der Waals surface area contributed by atoms with Crippen molar-refractivity contribution in [3.05, 3.63) is 66.4 Å². The van der Waals surface area contributed by atoms with Crippen molar-refractivity contribution in [3.8, 4) is 17.1 Å². The molecule has 1 fully saturated rings. The van der Waals surface area contributed by atoms with Crippen LogP contribution in [0.5, 0.6) is 0 Å². The number of hydrogen-bond donors (Lipinski definition) is 0. The van der Waals surface area contributed by atoms with Crippen LogP contribution in [-0.2, 0) is 4.74 Å². The quantitative estimate of drug-likeness (QED) is 0.534. The second kappa shape index (κ2) is 7.25. The summed E-state index contributed by atoms with van der Waals surface area (Å²) in [6.07, 6.45) is 5.35. The van der Waals surface area contributed by atoms with Crippen LogP contribution < -0.4 is 4.90 Å². The average Bonchev–Trinajstić information content (AvgIpc) is 3.14. The fourth-order valence-corrected chi connectivity index (χ4v) is 3.73. The van der Waals surface area contributed by atoms with Gasteiger partial charge in [0.05, 0.1) is 36.1 Å². The Morgan fingerprint density at radius 3 is 2.66 bits per heavy atom. The predicted octanol–water partition coefficient (Wildman–Crippen LogP) is 3.77. The maximum absolute atomic E-state index is 13.7. The van der Waals surface area contributed by atoms with Gasteiger partial charge in [0.15, 0.2) is 0 Å². The first-order valence-corrected chi connectivity index (χ1v) is 9.59. The van der Waals surface area contributed by atoms with E-state index in [0.29, 0.717) is 0 Å². The van der Waals surface area contributed by atoms with Crippen molar-refractivity contribution in [2.24, 2.45) is 0 Å². The number of fused-ring (bicyclic) bond motifs is 1. The summed E-state index contributed by atoms with van der Waals surface area (Å²) in [4.78, 5) is 16.0. The van der Waals surface area contributed by atoms with Gasteiger partial charge in [-0.2, -0.15) is 0 Å². The van der Waals surface area contributed by atoms with E-state index in [4.69, 9.17) is 9.72 Å². The smallest absolute Gasteiger partial charge is 0.147 e. The summed E-state index contributed by atoms with van der Waals surface area (Å²) in [5, 5.41) is 0. The van der Waals surface area contributed by atoms with E-state index in [1.54, 1.807) is 18.5 Å². The molecule has 0 bridgehead atoms. The molecule has 7 heteroatoms. The number of ether oxygens (including phenoxy) is 1. The zero-order valence-electron chi connectivity index (χ0n) is 16.0. The van der Waals surface area contributed by atoms with Crippen molar-refractivity contribution >= 4 is 16.9 Å². The summed E-state index contributed by atoms with van der Waals surface area (Å²) in [5.74, 6) is 1.43. The number of hydrogen-bond acceptors (Lipinski definition) is 5. The van der Waals surface area contributed by atoms with Crippen LogP contribution in [0.25, 0.3) is 28.1 Å². The highest BCUT2D eigenvalue weighted by Crippen LogP contribution is 2.30. The third kappa shape index (κ3) is 3.23. The summed E-state index contributed by atoms with van der Waals surface area (Å²) in [6, 6.07) is 10.7. The van der Waals surface area contributed by atoms with Gasteiger partial charge in [0.2, 0.25) is 0 Å². The molecular formula is C22H20FN5O. The van der Waals surface area contributed by atoms with Crippen LogP contribution in [0.3, 0.4) is 0 Å². The molecule has 1 saturated heterocycles. The van der Waals surface area contributed by atoms with Gasteiger partial charge in [-0.1, -0.05) is 0 Å². The maximum atomic E-state index is 13.7. The highest BCUT2D eigenvalue weighted by molar-refractivity contribution is 5.82. The molecule has 146 valence electrons. The molecule has 6 nitrogen and oxygen atoms in total. The van der Waals surface area contributed by atoms with Crippen molar-refractivity contribution in [3.63, 3.8) is 0 Å². The molecule has 0 saturated carbocycles. The van der Waals surface area contributed by atoms with Crippen molar-refractivity contribution < 1.29 is 9.13 Å². The Bertz CT molecular complexity index is 1170. The normalized spacial score (nSPS) is 14.5. The van der Waals surface area contributed by atoms with Crippen LogP contribution in [0, 0.1) is 12.7 Å². The molecule has 3 aromatic heterocycles. The van der Waals surface area contributed by atoms with Crippen molar-refractivity contribution in [2.45, 2.75) is 6.92 Å². The third-order valence-corrected chi connectivity index (χ3v) is 5.20. The monoisotopic (exact) mass is 389 g/mol. The van der Waals surface area contributed by atoms with Crippen LogP contribution in [-0.4, -0.2) is 45.8 Å². The minimum absolute atomic E-state index is 0.258. The minimum Gasteiger partial charge on any atom is -0.378 e. The molecule has 29 heavy (non-hydrogen) atoms. The van der Waals surface area contributed by atoms with Gasteiger partial charge in [-0.15, -0.1) is 0 Å². The molecule has 0 radical (unpaired) electrons. The van der Waals surface area contributed by atoms with Crippen LogP contribution in [0.2, 0.25) is 0 Å². The van der Waals surface area contributed by atoms with Gasteiger partial charge in [-0.3, -0.25) is 9.55 Å². The molecule has 0 N–H and O–H groups in total. The van der Waals surface area contributed by atoms with Crippen molar-refractivity contribution in [1.29, 1.82) is 0 Å². The molecule has 4 heterocycles. The van der Waals surface area contributed by atoms with Gasteiger partial charge < -0.3 is 9.64 Å². The van der Waals surface area contributed by atoms with E-state index in [1.165, 1.54) is 12.1 Å². The number of aromatic nitrogens is 4. The average molecular weight is 389 g/mol. The van der Waals surface area contributed by atoms with E-state index in [-0.39, 0.29) is 5.82 Å². The van der Waals surface area contributed by atoms with Crippen molar-refractivity contribution in [1.82, 2.24) is 19.5 Å². The second-order valence-electron chi connectivity index (χ2n) is 7.07. The van der Waals surface area contributed by atoms with Crippen molar-refractivity contribution in [2.75, 3.05) is 31.2 Å². The Hall–Kier alpha value is -3.32. The van der Waals surface area contributed by atoms with Crippen LogP contribution >= 0.6 is 0 Å². The Labute approximate surface area is 167 Å². The van der Waals surface area contributed by atoms with Crippen LogP contribution in [0.15, 0.2) is 55.0 Å². The van der Waals surface area contributed by atoms with Gasteiger partial charge in [0.25, 0.3) is 0 Å². The van der Waals surface area contributed by atoms with Gasteiger partial charge in [-0.25, -0.2) is 14.4 Å². The topological polar surface area (TPSA) is 56.1 Å². The van der Waals surface area contributed by atoms with E-state index in [0.717, 1.165) is 65.8 Å². The number of pyridine rings is 2. The highest BCUT2D eigenvalue weighted by atomic mass is 19.1. The van der Waals surface area contributed by atoms with Gasteiger partial charge in [0, 0.05) is 31.0 Å². The number of anilines is 1. The first-order chi connectivity index (χ1) is 14.2. The zero-order valence-corrected chi connectivity index (χ0v) is 16.0. The van der Waals surface area contributed by atoms with E-state index in [2.05, 4.69) is 14.9 Å². The van der Waals surface area contributed by atoms with Gasteiger partial charge in [-0.05, 0) is 48.9 Å². The lowest BCUT2D eigenvalue weighted by molar-refractivity contribution is 0.122. The lowest BCUT2D eigenvalue weighted by Gasteiger charge is -2.27. The minimum atomic E-state index is -0.258. The Morgan fingerprint density at radius 1 is 1.03 bits per heavy atom. The first-order valence-electron chi connectivity index (χ1n) is 9.59. The fourth-order valence-electron chi connectivity index (χ4n) is 3.73. The van der Waals surface area contributed by atoms with Gasteiger partial charge >= 0.3 is 0 Å². The summed E-state index contributed by atoms with van der Waals surface area (Å²) < 4.78 is 21.1. The number of aryl methyl sites for hydroxylation is 1. The Morgan fingerprint density at radius 2 is 1.90 bits per heavy atom. The highest BCUT2D eigenvalue weighted by Gasteiger charge is 2.18. The number of rotatable bonds is 3. The number of morpholine rings is 1. The van der Waals surface area contributed by atoms with E-state index in [9.17, 15) is 4.39 Å². The maximum Gasteiger partial charge on any atom is 0.147 e. The van der Waals surface area contributed by atoms with E-state index >= 15 is 0 Å². The molecule has 0 amide bonds. The number of nitrogens with zero attached hydrogens (tertiary/aromatic N) is 5. The lowest BCUT2D eigenvalue weighted by atomic mass is 10.1. The number of benzene rings is 1. The van der Waals surface area contributed by atoms with E-state index < -0.39 is 0 Å². The second-order valence-corrected chi connectivity index (χ2v) is 7.07. The molecule has 1 aliphatic heterocycles. The molecular weight excluding hydrogens is 369 g/mol. The molecule has 0 unspecified atom stereocenters. The molecule has 4 aromatic rings. The largest absolute Gasteiger partial charge is 0.378 e. The predicted molar refractivity (Wildman–Crippen MR) is 110 cm³/mol. The molecule has 1 aliphatic rings. The lowest BCUT2D eigenvalue weighted by Crippen LogP contribution is -2.36. The van der Waals surface area contributed by atoms with Gasteiger partial charge in [0.1, 0.15) is 17.5 Å². The molecule has 0 spiro atoms. The van der Waals surface area contributed by atoms with E-state index in [1.807, 2.05) is 35.9 Å². The Kier molecular flexibility index (Phi) is 4.44. The number of halogens is 1. The molecule has 0 aliphatic carbocycles.